The van der Waals surface area contributed by atoms with Gasteiger partial charge in [0.1, 0.15) is 5.58 Å². The Morgan fingerprint density at radius 1 is 1.17 bits per heavy atom. The van der Waals surface area contributed by atoms with E-state index in [4.69, 9.17) is 15.9 Å². The van der Waals surface area contributed by atoms with Gasteiger partial charge in [-0.2, -0.15) is 4.99 Å². The lowest BCUT2D eigenvalue weighted by atomic mass is 9.97. The maximum atomic E-state index is 12.1. The molecule has 1 aromatic heterocycles. The van der Waals surface area contributed by atoms with E-state index in [1.165, 1.54) is 0 Å². The van der Waals surface area contributed by atoms with E-state index in [0.29, 0.717) is 11.1 Å². The topological polar surface area (TPSA) is 115 Å². The van der Waals surface area contributed by atoms with E-state index >= 15 is 0 Å². The highest BCUT2D eigenvalue weighted by Gasteiger charge is 2.12. The van der Waals surface area contributed by atoms with Crippen LogP contribution in [0.4, 0.5) is 0 Å². The molecule has 0 radical (unpaired) electrons. The Morgan fingerprint density at radius 3 is 2.74 bits per heavy atom. The summed E-state index contributed by atoms with van der Waals surface area (Å²) in [6, 6.07) is 12.6. The monoisotopic (exact) mass is 309 g/mol. The molecule has 5 N–H and O–H groups in total. The molecule has 6 nitrogen and oxygen atoms in total. The zero-order valence-corrected chi connectivity index (χ0v) is 12.2. The van der Waals surface area contributed by atoms with Gasteiger partial charge in [-0.3, -0.25) is 4.79 Å². The van der Waals surface area contributed by atoms with Crippen molar-refractivity contribution >= 4 is 22.8 Å². The minimum Gasteiger partial charge on any atom is -0.464 e. The Morgan fingerprint density at radius 2 is 2.00 bits per heavy atom. The van der Waals surface area contributed by atoms with E-state index < -0.39 is 5.91 Å². The van der Waals surface area contributed by atoms with Crippen LogP contribution >= 0.6 is 0 Å². The van der Waals surface area contributed by atoms with Gasteiger partial charge in [0.15, 0.2) is 5.96 Å². The number of hydrogen-bond acceptors (Lipinski definition) is 3. The largest absolute Gasteiger partial charge is 0.464 e. The van der Waals surface area contributed by atoms with Gasteiger partial charge in [0.2, 0.25) is 0 Å². The van der Waals surface area contributed by atoms with E-state index in [0.717, 1.165) is 22.1 Å². The van der Waals surface area contributed by atoms with E-state index in [-0.39, 0.29) is 12.6 Å². The zero-order chi connectivity index (χ0) is 16.4. The number of guanidine groups is 1. The lowest BCUT2D eigenvalue weighted by Gasteiger charge is -2.08. The molecule has 0 saturated heterocycles. The van der Waals surface area contributed by atoms with Crippen LogP contribution in [0.1, 0.15) is 15.9 Å². The van der Waals surface area contributed by atoms with Crippen LogP contribution in [0.2, 0.25) is 0 Å². The number of carbonyl (C=O) groups is 1. The number of furan rings is 1. The third-order valence-corrected chi connectivity index (χ3v) is 3.46. The van der Waals surface area contributed by atoms with Crippen molar-refractivity contribution < 1.29 is 14.3 Å². The van der Waals surface area contributed by atoms with Crippen LogP contribution in [0, 0.1) is 0 Å². The highest BCUT2D eigenvalue weighted by Crippen LogP contribution is 2.31. The van der Waals surface area contributed by atoms with Crippen LogP contribution in [0.25, 0.3) is 22.1 Å². The highest BCUT2D eigenvalue weighted by atomic mass is 16.3. The summed E-state index contributed by atoms with van der Waals surface area (Å²) in [5.74, 6) is -0.858. The first kappa shape index (κ1) is 14.8. The third-order valence-electron chi connectivity index (χ3n) is 3.46. The average molecular weight is 309 g/mol. The molecular weight excluding hydrogens is 294 g/mol. The number of aliphatic imine (C=N–C) groups is 1. The highest BCUT2D eigenvalue weighted by molar-refractivity contribution is 6.03. The summed E-state index contributed by atoms with van der Waals surface area (Å²) >= 11 is 0. The van der Waals surface area contributed by atoms with E-state index in [9.17, 15) is 9.90 Å². The molecule has 116 valence electrons. The van der Waals surface area contributed by atoms with Crippen LogP contribution in [0.3, 0.4) is 0 Å². The van der Waals surface area contributed by atoms with E-state index in [1.54, 1.807) is 18.4 Å². The molecule has 0 bridgehead atoms. The van der Waals surface area contributed by atoms with Gasteiger partial charge >= 0.3 is 0 Å². The van der Waals surface area contributed by atoms with E-state index in [2.05, 4.69) is 4.99 Å². The van der Waals surface area contributed by atoms with Crippen molar-refractivity contribution in [2.75, 3.05) is 0 Å². The Balaban J connectivity index is 2.18. The quantitative estimate of drug-likeness (QED) is 0.505. The SMILES string of the molecule is NC(N)=NC(=O)c1cc(CO)cc(-c2cccc3occc23)c1. The second-order valence-electron chi connectivity index (χ2n) is 5.06. The van der Waals surface area contributed by atoms with Crippen molar-refractivity contribution in [2.24, 2.45) is 16.5 Å². The normalized spacial score (nSPS) is 10.7. The summed E-state index contributed by atoms with van der Waals surface area (Å²) < 4.78 is 5.40. The van der Waals surface area contributed by atoms with Gasteiger partial charge in [-0.25, -0.2) is 0 Å². The molecular formula is C17H15N3O3. The molecule has 0 atom stereocenters. The first-order valence-corrected chi connectivity index (χ1v) is 6.94. The van der Waals surface area contributed by atoms with Crippen molar-refractivity contribution in [3.05, 3.63) is 59.9 Å². The number of aliphatic hydroxyl groups excluding tert-OH is 1. The van der Waals surface area contributed by atoms with Crippen LogP contribution in [-0.2, 0) is 6.61 Å². The summed E-state index contributed by atoms with van der Waals surface area (Å²) in [4.78, 5) is 15.6. The van der Waals surface area contributed by atoms with Gasteiger partial charge in [0, 0.05) is 10.9 Å². The van der Waals surface area contributed by atoms with Crippen molar-refractivity contribution in [3.63, 3.8) is 0 Å². The molecule has 0 aliphatic heterocycles. The predicted molar refractivity (Wildman–Crippen MR) is 87.7 cm³/mol. The van der Waals surface area contributed by atoms with Gasteiger partial charge in [0.05, 0.1) is 12.9 Å². The summed E-state index contributed by atoms with van der Waals surface area (Å²) in [5, 5.41) is 10.4. The number of amides is 1. The van der Waals surface area contributed by atoms with E-state index in [1.807, 2.05) is 30.3 Å². The van der Waals surface area contributed by atoms with Crippen molar-refractivity contribution in [2.45, 2.75) is 6.61 Å². The molecule has 0 spiro atoms. The smallest absolute Gasteiger partial charge is 0.280 e. The maximum Gasteiger partial charge on any atom is 0.280 e. The first-order chi connectivity index (χ1) is 11.1. The van der Waals surface area contributed by atoms with Gasteiger partial charge in [0.25, 0.3) is 5.91 Å². The van der Waals surface area contributed by atoms with Crippen LogP contribution in [-0.4, -0.2) is 17.0 Å². The number of nitrogens with zero attached hydrogens (tertiary/aromatic N) is 1. The first-order valence-electron chi connectivity index (χ1n) is 6.94. The number of rotatable bonds is 3. The number of carbonyl (C=O) groups excluding carboxylic acids is 1. The van der Waals surface area contributed by atoms with Crippen molar-refractivity contribution in [3.8, 4) is 11.1 Å². The van der Waals surface area contributed by atoms with Gasteiger partial charge in [-0.1, -0.05) is 12.1 Å². The standard InChI is InChI=1S/C17H15N3O3/c18-17(19)20-16(22)12-7-10(9-21)6-11(8-12)13-2-1-3-15-14(13)4-5-23-15/h1-8,21H,9H2,(H4,18,19,20,22). The Bertz CT molecular complexity index is 908. The number of aliphatic hydroxyl groups is 1. The second-order valence-corrected chi connectivity index (χ2v) is 5.06. The molecule has 0 saturated carbocycles. The molecule has 3 rings (SSSR count). The van der Waals surface area contributed by atoms with Crippen LogP contribution in [0.15, 0.2) is 58.1 Å². The number of hydrogen-bond donors (Lipinski definition) is 3. The molecule has 3 aromatic rings. The lowest BCUT2D eigenvalue weighted by Crippen LogP contribution is -2.24. The molecule has 0 fully saturated rings. The zero-order valence-electron chi connectivity index (χ0n) is 12.2. The fourth-order valence-electron chi connectivity index (χ4n) is 2.49. The summed E-state index contributed by atoms with van der Waals surface area (Å²) in [6.07, 6.45) is 1.61. The lowest BCUT2D eigenvalue weighted by molar-refractivity contribution is 0.100. The molecule has 2 aromatic carbocycles. The fourth-order valence-corrected chi connectivity index (χ4v) is 2.49. The molecule has 0 aliphatic rings. The van der Waals surface area contributed by atoms with Gasteiger partial charge in [-0.05, 0) is 47.0 Å². The number of fused-ring (bicyclic) bond motifs is 1. The van der Waals surface area contributed by atoms with Crippen LogP contribution in [0.5, 0.6) is 0 Å². The summed E-state index contributed by atoms with van der Waals surface area (Å²) in [5.41, 5.74) is 13.8. The second kappa shape index (κ2) is 5.94. The Labute approximate surface area is 132 Å². The fraction of sp³-hybridized carbons (Fsp3) is 0.0588. The van der Waals surface area contributed by atoms with Crippen molar-refractivity contribution in [1.29, 1.82) is 0 Å². The molecule has 0 unspecified atom stereocenters. The Hall–Kier alpha value is -3.12. The minimum atomic E-state index is -0.555. The predicted octanol–water partition coefficient (Wildman–Crippen LogP) is 2.01. The minimum absolute atomic E-state index is 0.197. The molecule has 1 heterocycles. The maximum absolute atomic E-state index is 12.1. The van der Waals surface area contributed by atoms with Crippen molar-refractivity contribution in [1.82, 2.24) is 0 Å². The Kier molecular flexibility index (Phi) is 3.82. The summed E-state index contributed by atoms with van der Waals surface area (Å²) in [7, 11) is 0. The van der Waals surface area contributed by atoms with Gasteiger partial charge in [-0.15, -0.1) is 0 Å². The summed E-state index contributed by atoms with van der Waals surface area (Å²) in [6.45, 7) is -0.197. The third kappa shape index (κ3) is 2.93. The molecule has 1 amide bonds. The molecule has 6 heteroatoms. The molecule has 0 aliphatic carbocycles. The number of benzene rings is 2. The number of nitrogens with two attached hydrogens (primary N) is 2. The van der Waals surface area contributed by atoms with Gasteiger partial charge < -0.3 is 21.0 Å². The van der Waals surface area contributed by atoms with Crippen LogP contribution < -0.4 is 11.5 Å². The molecule has 23 heavy (non-hydrogen) atoms. The average Bonchev–Trinajstić information content (AvgIpc) is 3.02.